The topological polar surface area (TPSA) is 60.2 Å². The summed E-state index contributed by atoms with van der Waals surface area (Å²) < 4.78 is 0. The van der Waals surface area contributed by atoms with Crippen LogP contribution in [0.15, 0.2) is 18.2 Å². The average Bonchev–Trinajstić information content (AvgIpc) is 2.16. The summed E-state index contributed by atoms with van der Waals surface area (Å²) in [6.07, 6.45) is 0. The van der Waals surface area contributed by atoms with E-state index in [2.05, 4.69) is 11.8 Å². The highest BCUT2D eigenvalue weighted by molar-refractivity contribution is 6.33. The number of ketones is 1. The average molecular weight is 222 g/mol. The molecule has 4 heteroatoms. The van der Waals surface area contributed by atoms with E-state index in [9.17, 15) is 9.59 Å². The van der Waals surface area contributed by atoms with Crippen LogP contribution in [0.25, 0.3) is 0 Å². The van der Waals surface area contributed by atoms with Crippen molar-refractivity contribution in [3.05, 3.63) is 34.3 Å². The van der Waals surface area contributed by atoms with Crippen molar-refractivity contribution in [3.63, 3.8) is 0 Å². The highest BCUT2D eigenvalue weighted by Gasteiger charge is 2.05. The molecule has 3 nitrogen and oxygen atoms in total. The number of amides is 1. The molecule has 0 aliphatic heterocycles. The van der Waals surface area contributed by atoms with Gasteiger partial charge in [0.2, 0.25) is 0 Å². The third-order valence-corrected chi connectivity index (χ3v) is 2.01. The number of carbonyl (C=O) groups is 2. The van der Waals surface area contributed by atoms with Crippen LogP contribution in [0, 0.1) is 11.8 Å². The predicted octanol–water partition coefficient (Wildman–Crippen LogP) is 1.38. The lowest BCUT2D eigenvalue weighted by Gasteiger charge is -1.99. The van der Waals surface area contributed by atoms with Gasteiger partial charge in [-0.15, -0.1) is 0 Å². The Labute approximate surface area is 92.2 Å². The second-order valence-corrected chi connectivity index (χ2v) is 3.27. The maximum Gasteiger partial charge on any atom is 0.293 e. The quantitative estimate of drug-likeness (QED) is 0.575. The third-order valence-electron chi connectivity index (χ3n) is 1.68. The van der Waals surface area contributed by atoms with Crippen LogP contribution < -0.4 is 5.73 Å². The Balaban J connectivity index is 3.15. The summed E-state index contributed by atoms with van der Waals surface area (Å²) in [5.74, 6) is 3.85. The Hall–Kier alpha value is -1.79. The van der Waals surface area contributed by atoms with E-state index in [1.165, 1.54) is 13.0 Å². The summed E-state index contributed by atoms with van der Waals surface area (Å²) in [6, 6.07) is 4.70. The van der Waals surface area contributed by atoms with Gasteiger partial charge >= 0.3 is 0 Å². The van der Waals surface area contributed by atoms with Gasteiger partial charge < -0.3 is 5.73 Å². The van der Waals surface area contributed by atoms with Crippen molar-refractivity contribution in [2.24, 2.45) is 5.73 Å². The summed E-state index contributed by atoms with van der Waals surface area (Å²) in [5.41, 5.74) is 5.78. The zero-order valence-electron chi connectivity index (χ0n) is 8.00. The van der Waals surface area contributed by atoms with Gasteiger partial charge in [0.05, 0.1) is 5.02 Å². The Morgan fingerprint density at radius 2 is 2.07 bits per heavy atom. The number of hydrogen-bond acceptors (Lipinski definition) is 2. The first-order valence-corrected chi connectivity index (χ1v) is 4.50. The van der Waals surface area contributed by atoms with Crippen LogP contribution in [-0.4, -0.2) is 11.7 Å². The molecule has 0 fully saturated rings. The first-order chi connectivity index (χ1) is 7.00. The monoisotopic (exact) mass is 221 g/mol. The van der Waals surface area contributed by atoms with Crippen LogP contribution in [0.1, 0.15) is 22.8 Å². The molecule has 15 heavy (non-hydrogen) atoms. The van der Waals surface area contributed by atoms with E-state index in [1.807, 2.05) is 0 Å². The first-order valence-electron chi connectivity index (χ1n) is 4.12. The Kier molecular flexibility index (Phi) is 3.48. The number of Topliss-reactive ketones (excluding diaryl/α,β-unsaturated/α-hetero) is 1. The maximum atomic E-state index is 11.1. The lowest BCUT2D eigenvalue weighted by molar-refractivity contribution is -0.112. The molecule has 0 atom stereocenters. The molecule has 0 saturated heterocycles. The minimum Gasteiger partial charge on any atom is -0.359 e. The van der Waals surface area contributed by atoms with Crippen molar-refractivity contribution in [1.82, 2.24) is 0 Å². The summed E-state index contributed by atoms with van der Waals surface area (Å²) in [5, 5.41) is 0.368. The second kappa shape index (κ2) is 4.63. The van der Waals surface area contributed by atoms with Crippen molar-refractivity contribution in [2.45, 2.75) is 6.92 Å². The van der Waals surface area contributed by atoms with Gasteiger partial charge in [-0.1, -0.05) is 17.5 Å². The van der Waals surface area contributed by atoms with Gasteiger partial charge in [0.1, 0.15) is 0 Å². The van der Waals surface area contributed by atoms with Gasteiger partial charge in [-0.25, -0.2) is 0 Å². The molecule has 0 unspecified atom stereocenters. The molecular weight excluding hydrogens is 214 g/mol. The minimum absolute atomic E-state index is 0.150. The zero-order valence-corrected chi connectivity index (χ0v) is 8.76. The molecular formula is C11H8ClNO2. The van der Waals surface area contributed by atoms with Gasteiger partial charge in [-0.2, -0.15) is 0 Å². The van der Waals surface area contributed by atoms with Crippen molar-refractivity contribution < 1.29 is 9.59 Å². The SMILES string of the molecule is CC(=O)c1cc(C#CC(N)=O)ccc1Cl. The highest BCUT2D eigenvalue weighted by atomic mass is 35.5. The van der Waals surface area contributed by atoms with E-state index in [1.54, 1.807) is 12.1 Å². The fraction of sp³-hybridized carbons (Fsp3) is 0.0909. The van der Waals surface area contributed by atoms with Gasteiger partial charge in [-0.05, 0) is 31.0 Å². The van der Waals surface area contributed by atoms with Gasteiger partial charge in [0.15, 0.2) is 5.78 Å². The van der Waals surface area contributed by atoms with Gasteiger partial charge in [0, 0.05) is 11.1 Å². The molecule has 1 amide bonds. The standard InChI is InChI=1S/C11H8ClNO2/c1-7(14)9-6-8(2-4-10(9)12)3-5-11(13)15/h2,4,6H,1H3,(H2,13,15). The molecule has 0 aliphatic carbocycles. The smallest absolute Gasteiger partial charge is 0.293 e. The first kappa shape index (κ1) is 11.3. The van der Waals surface area contributed by atoms with E-state index in [-0.39, 0.29) is 5.78 Å². The highest BCUT2D eigenvalue weighted by Crippen LogP contribution is 2.17. The molecule has 1 aromatic carbocycles. The molecule has 0 heterocycles. The summed E-state index contributed by atoms with van der Waals surface area (Å²) in [4.78, 5) is 21.5. The summed E-state index contributed by atoms with van der Waals surface area (Å²) in [7, 11) is 0. The third kappa shape index (κ3) is 3.12. The van der Waals surface area contributed by atoms with Crippen molar-refractivity contribution in [3.8, 4) is 11.8 Å². The number of primary amides is 1. The van der Waals surface area contributed by atoms with Crippen LogP contribution in [-0.2, 0) is 4.79 Å². The normalized spacial score (nSPS) is 8.93. The molecule has 0 bridgehead atoms. The van der Waals surface area contributed by atoms with E-state index in [0.29, 0.717) is 16.1 Å². The van der Waals surface area contributed by atoms with Gasteiger partial charge in [0.25, 0.3) is 5.91 Å². The number of rotatable bonds is 1. The van der Waals surface area contributed by atoms with Crippen LogP contribution >= 0.6 is 11.6 Å². The molecule has 0 radical (unpaired) electrons. The maximum absolute atomic E-state index is 11.1. The number of benzene rings is 1. The molecule has 1 aromatic rings. The molecule has 0 saturated carbocycles. The fourth-order valence-electron chi connectivity index (χ4n) is 1.01. The zero-order chi connectivity index (χ0) is 11.4. The van der Waals surface area contributed by atoms with Crippen molar-refractivity contribution in [2.75, 3.05) is 0 Å². The van der Waals surface area contributed by atoms with E-state index in [4.69, 9.17) is 17.3 Å². The van der Waals surface area contributed by atoms with E-state index in [0.717, 1.165) is 0 Å². The molecule has 76 valence electrons. The number of nitrogens with two attached hydrogens (primary N) is 1. The van der Waals surface area contributed by atoms with Crippen LogP contribution in [0.3, 0.4) is 0 Å². The molecule has 0 spiro atoms. The molecule has 1 rings (SSSR count). The number of hydrogen-bond donors (Lipinski definition) is 1. The van der Waals surface area contributed by atoms with E-state index >= 15 is 0 Å². The van der Waals surface area contributed by atoms with Crippen LogP contribution in [0.5, 0.6) is 0 Å². The lowest BCUT2D eigenvalue weighted by Crippen LogP contribution is -2.06. The largest absolute Gasteiger partial charge is 0.359 e. The summed E-state index contributed by atoms with van der Waals surface area (Å²) >= 11 is 5.79. The number of halogens is 1. The lowest BCUT2D eigenvalue weighted by atomic mass is 10.1. The fourth-order valence-corrected chi connectivity index (χ4v) is 1.26. The molecule has 2 N–H and O–H groups in total. The van der Waals surface area contributed by atoms with Crippen molar-refractivity contribution in [1.29, 1.82) is 0 Å². The molecule has 0 aliphatic rings. The van der Waals surface area contributed by atoms with Crippen LogP contribution in [0.4, 0.5) is 0 Å². The Morgan fingerprint density at radius 3 is 2.60 bits per heavy atom. The predicted molar refractivity (Wildman–Crippen MR) is 57.5 cm³/mol. The Bertz CT molecular complexity index is 483. The summed E-state index contributed by atoms with van der Waals surface area (Å²) in [6.45, 7) is 1.41. The van der Waals surface area contributed by atoms with Crippen LogP contribution in [0.2, 0.25) is 5.02 Å². The second-order valence-electron chi connectivity index (χ2n) is 2.87. The molecule has 0 aromatic heterocycles. The Morgan fingerprint density at radius 1 is 1.40 bits per heavy atom. The van der Waals surface area contributed by atoms with Crippen molar-refractivity contribution >= 4 is 23.3 Å². The van der Waals surface area contributed by atoms with Gasteiger partial charge in [-0.3, -0.25) is 9.59 Å². The van der Waals surface area contributed by atoms with E-state index < -0.39 is 5.91 Å². The minimum atomic E-state index is -0.714. The number of carbonyl (C=O) groups excluding carboxylic acids is 2.